The Balaban J connectivity index is 2.66. The summed E-state index contributed by atoms with van der Waals surface area (Å²) in [5.74, 6) is 0.142. The largest absolute Gasteiger partial charge is 0.493 e. The van der Waals surface area contributed by atoms with E-state index in [9.17, 15) is 9.59 Å². The van der Waals surface area contributed by atoms with Gasteiger partial charge in [-0.3, -0.25) is 14.4 Å². The Morgan fingerprint density at radius 1 is 1.19 bits per heavy atom. The number of ether oxygens (including phenoxy) is 2. The van der Waals surface area contributed by atoms with Crippen molar-refractivity contribution in [2.45, 2.75) is 53.0 Å². The molecule has 2 rings (SSSR count). The Morgan fingerprint density at radius 3 is 2.27 bits per heavy atom. The molecule has 0 bridgehead atoms. The van der Waals surface area contributed by atoms with Crippen LogP contribution in [0.1, 0.15) is 52.7 Å². The molecule has 0 saturated carbocycles. The minimum atomic E-state index is -0.894. The molecule has 1 aromatic carbocycles. The van der Waals surface area contributed by atoms with Gasteiger partial charge in [0.15, 0.2) is 11.5 Å². The Labute approximate surface area is 154 Å². The van der Waals surface area contributed by atoms with Gasteiger partial charge in [-0.1, -0.05) is 40.7 Å². The lowest BCUT2D eigenvalue weighted by Gasteiger charge is -2.20. The molecule has 0 N–H and O–H groups in total. The van der Waals surface area contributed by atoms with Crippen molar-refractivity contribution in [2.75, 3.05) is 7.11 Å². The summed E-state index contributed by atoms with van der Waals surface area (Å²) < 4.78 is 10.6. The van der Waals surface area contributed by atoms with E-state index in [0.717, 1.165) is 11.1 Å². The zero-order chi connectivity index (χ0) is 19.9. The first kappa shape index (κ1) is 19.7. The van der Waals surface area contributed by atoms with Gasteiger partial charge in [0.25, 0.3) is 0 Å². The molecule has 0 saturated heterocycles. The highest BCUT2D eigenvalue weighted by Gasteiger charge is 2.43. The molecule has 5 heteroatoms. The molecular formula is C21H25NO4. The molecule has 0 aliphatic heterocycles. The van der Waals surface area contributed by atoms with Crippen LogP contribution in [0.3, 0.4) is 0 Å². The number of fused-ring (bicyclic) bond motifs is 1. The van der Waals surface area contributed by atoms with Crippen LogP contribution in [0.15, 0.2) is 18.2 Å². The summed E-state index contributed by atoms with van der Waals surface area (Å²) in [7, 11) is 1.51. The predicted octanol–water partition coefficient (Wildman–Crippen LogP) is 4.20. The average molecular weight is 355 g/mol. The molecule has 0 fully saturated rings. The summed E-state index contributed by atoms with van der Waals surface area (Å²) in [6.45, 7) is 18.4. The van der Waals surface area contributed by atoms with Crippen LogP contribution in [0.25, 0.3) is 10.4 Å². The fourth-order valence-corrected chi connectivity index (χ4v) is 3.18. The zero-order valence-corrected chi connectivity index (χ0v) is 16.4. The van der Waals surface area contributed by atoms with Gasteiger partial charge in [-0.05, 0) is 23.3 Å². The number of benzene rings is 1. The second-order valence-electron chi connectivity index (χ2n) is 8.11. The summed E-state index contributed by atoms with van der Waals surface area (Å²) in [4.78, 5) is 27.9. The highest BCUT2D eigenvalue weighted by Crippen LogP contribution is 2.47. The fourth-order valence-electron chi connectivity index (χ4n) is 3.18. The van der Waals surface area contributed by atoms with Crippen molar-refractivity contribution in [1.82, 2.24) is 0 Å². The van der Waals surface area contributed by atoms with E-state index in [0.29, 0.717) is 11.3 Å². The van der Waals surface area contributed by atoms with Crippen LogP contribution < -0.4 is 9.47 Å². The van der Waals surface area contributed by atoms with Crippen molar-refractivity contribution in [3.05, 3.63) is 40.8 Å². The highest BCUT2D eigenvalue weighted by molar-refractivity contribution is 6.03. The Hall–Kier alpha value is -2.61. The second-order valence-corrected chi connectivity index (χ2v) is 8.11. The standard InChI is InChI=1S/C21H25NO4/c1-12(23)26-17-9-13-14(18(22-7)19(24)20(2,3)4)11-21(5,6)15(13)10-16(17)25-8/h9-11,18H,1-6,8H3. The number of carbonyl (C=O) groups is 2. The zero-order valence-electron chi connectivity index (χ0n) is 16.4. The van der Waals surface area contributed by atoms with Crippen LogP contribution in [-0.4, -0.2) is 24.9 Å². The molecule has 0 amide bonds. The molecule has 5 nitrogen and oxygen atoms in total. The predicted molar refractivity (Wildman–Crippen MR) is 100 cm³/mol. The summed E-state index contributed by atoms with van der Waals surface area (Å²) in [6.07, 6.45) is 1.96. The lowest BCUT2D eigenvalue weighted by atomic mass is 9.83. The van der Waals surface area contributed by atoms with Crippen molar-refractivity contribution < 1.29 is 19.1 Å². The van der Waals surface area contributed by atoms with Crippen molar-refractivity contribution in [3.8, 4) is 11.5 Å². The molecule has 1 aliphatic carbocycles. The van der Waals surface area contributed by atoms with Crippen molar-refractivity contribution in [2.24, 2.45) is 5.41 Å². The van der Waals surface area contributed by atoms with Gasteiger partial charge in [-0.2, -0.15) is 0 Å². The lowest BCUT2D eigenvalue weighted by molar-refractivity contribution is -0.132. The molecule has 1 unspecified atom stereocenters. The molecule has 0 spiro atoms. The van der Waals surface area contributed by atoms with E-state index in [-0.39, 0.29) is 16.9 Å². The topological polar surface area (TPSA) is 57.0 Å². The van der Waals surface area contributed by atoms with E-state index in [4.69, 9.17) is 16.0 Å². The number of carbonyl (C=O) groups excluding carboxylic acids is 2. The van der Waals surface area contributed by atoms with Gasteiger partial charge in [0.05, 0.1) is 7.11 Å². The van der Waals surface area contributed by atoms with Crippen LogP contribution in [0.5, 0.6) is 11.5 Å². The van der Waals surface area contributed by atoms with Crippen molar-refractivity contribution in [1.29, 1.82) is 0 Å². The number of hydrogen-bond acceptors (Lipinski definition) is 4. The van der Waals surface area contributed by atoms with Crippen molar-refractivity contribution in [3.63, 3.8) is 0 Å². The van der Waals surface area contributed by atoms with Gasteiger partial charge in [0.2, 0.25) is 5.78 Å². The van der Waals surface area contributed by atoms with Gasteiger partial charge >= 0.3 is 12.0 Å². The summed E-state index contributed by atoms with van der Waals surface area (Å²) in [6, 6.07) is 2.62. The number of allylic oxidation sites excluding steroid dienone is 1. The van der Waals surface area contributed by atoms with Gasteiger partial charge in [-0.25, -0.2) is 6.57 Å². The summed E-state index contributed by atoms with van der Waals surface area (Å²) in [5.41, 5.74) is 1.36. The number of Topliss-reactive ketones (excluding diaryl/α,β-unsaturated/α-hetero) is 1. The SMILES string of the molecule is [C-]#[N+]C(C(=O)C(C)(C)C)C1=CC(C)(C)c2cc(OC)c(OC(C)=O)cc21. The van der Waals surface area contributed by atoms with E-state index in [1.807, 2.05) is 46.8 Å². The first-order chi connectivity index (χ1) is 11.9. The molecule has 0 radical (unpaired) electrons. The Bertz CT molecular complexity index is 835. The Morgan fingerprint density at radius 2 is 1.81 bits per heavy atom. The quantitative estimate of drug-likeness (QED) is 0.461. The third-order valence-corrected chi connectivity index (χ3v) is 4.49. The maximum Gasteiger partial charge on any atom is 0.308 e. The van der Waals surface area contributed by atoms with E-state index >= 15 is 0 Å². The van der Waals surface area contributed by atoms with E-state index in [1.165, 1.54) is 14.0 Å². The number of ketones is 1. The normalized spacial score (nSPS) is 16.2. The average Bonchev–Trinajstić information content (AvgIpc) is 2.76. The number of nitrogens with zero attached hydrogens (tertiary/aromatic N) is 1. The molecule has 1 aromatic rings. The van der Waals surface area contributed by atoms with Crippen LogP contribution in [0.2, 0.25) is 0 Å². The first-order valence-corrected chi connectivity index (χ1v) is 8.47. The Kier molecular flexibility index (Phi) is 5.01. The van der Waals surface area contributed by atoms with Crippen LogP contribution >= 0.6 is 0 Å². The number of rotatable bonds is 4. The fraction of sp³-hybridized carbons (Fsp3) is 0.476. The number of hydrogen-bond donors (Lipinski definition) is 0. The van der Waals surface area contributed by atoms with Gasteiger partial charge < -0.3 is 9.47 Å². The smallest absolute Gasteiger partial charge is 0.308 e. The number of methoxy groups -OCH3 is 1. The molecule has 1 aliphatic rings. The first-order valence-electron chi connectivity index (χ1n) is 8.47. The molecular weight excluding hydrogens is 330 g/mol. The maximum atomic E-state index is 12.8. The second kappa shape index (κ2) is 6.60. The monoisotopic (exact) mass is 355 g/mol. The van der Waals surface area contributed by atoms with Gasteiger partial charge in [0, 0.05) is 23.3 Å². The number of esters is 1. The van der Waals surface area contributed by atoms with Crippen LogP contribution in [-0.2, 0) is 15.0 Å². The third kappa shape index (κ3) is 3.50. The molecule has 26 heavy (non-hydrogen) atoms. The van der Waals surface area contributed by atoms with Crippen molar-refractivity contribution >= 4 is 17.3 Å². The molecule has 0 aromatic heterocycles. The summed E-state index contributed by atoms with van der Waals surface area (Å²) in [5, 5.41) is 0. The minimum Gasteiger partial charge on any atom is -0.493 e. The van der Waals surface area contributed by atoms with E-state index < -0.39 is 17.4 Å². The lowest BCUT2D eigenvalue weighted by Crippen LogP contribution is -2.31. The van der Waals surface area contributed by atoms with E-state index in [1.54, 1.807) is 6.07 Å². The highest BCUT2D eigenvalue weighted by atomic mass is 16.6. The molecule has 0 heterocycles. The summed E-state index contributed by atoms with van der Waals surface area (Å²) >= 11 is 0. The minimum absolute atomic E-state index is 0.132. The van der Waals surface area contributed by atoms with Gasteiger partial charge in [-0.15, -0.1) is 0 Å². The molecule has 1 atom stereocenters. The molecule has 138 valence electrons. The maximum absolute atomic E-state index is 12.8. The van der Waals surface area contributed by atoms with Crippen LogP contribution in [0, 0.1) is 12.0 Å². The van der Waals surface area contributed by atoms with Gasteiger partial charge in [0.1, 0.15) is 0 Å². The third-order valence-electron chi connectivity index (χ3n) is 4.49. The van der Waals surface area contributed by atoms with E-state index in [2.05, 4.69) is 4.85 Å². The van der Waals surface area contributed by atoms with Crippen LogP contribution in [0.4, 0.5) is 0 Å².